The van der Waals surface area contributed by atoms with E-state index in [1.807, 2.05) is 20.8 Å². The number of ether oxygens (including phenoxy) is 2. The Kier molecular flexibility index (Phi) is 11.9. The van der Waals surface area contributed by atoms with Crippen LogP contribution in [0.1, 0.15) is 86.5 Å². The number of hydrogen-bond acceptors (Lipinski definition) is 4. The van der Waals surface area contributed by atoms with Crippen LogP contribution in [0.4, 0.5) is 4.79 Å². The van der Waals surface area contributed by atoms with Gasteiger partial charge in [-0.05, 0) is 0 Å². The number of likely N-dealkylation sites (tertiary alicyclic amines) is 1. The van der Waals surface area contributed by atoms with Crippen molar-refractivity contribution in [1.29, 1.82) is 0 Å². The zero-order valence-corrected chi connectivity index (χ0v) is 23.0. The number of unbranched alkanes of at least 4 members (excludes halogenated alkanes) is 3. The van der Waals surface area contributed by atoms with E-state index in [9.17, 15) is 4.79 Å². The maximum atomic E-state index is 12.4. The fourth-order valence-electron chi connectivity index (χ4n) is 4.21. The number of hydrogen-bond donors (Lipinski definition) is 1. The van der Waals surface area contributed by atoms with E-state index in [2.05, 4.69) is 20.8 Å². The Labute approximate surface area is 184 Å². The Morgan fingerprint density at radius 3 is 2.00 bits per heavy atom. The van der Waals surface area contributed by atoms with Gasteiger partial charge in [-0.3, -0.25) is 0 Å². The predicted molar refractivity (Wildman–Crippen MR) is 125 cm³/mol. The van der Waals surface area contributed by atoms with Gasteiger partial charge in [0.05, 0.1) is 0 Å². The quantitative estimate of drug-likeness (QED) is 0.316. The van der Waals surface area contributed by atoms with Crippen molar-refractivity contribution in [1.82, 2.24) is 4.90 Å². The van der Waals surface area contributed by atoms with Gasteiger partial charge in [-0.1, -0.05) is 0 Å². The monoisotopic (exact) mass is 520 g/mol. The van der Waals surface area contributed by atoms with E-state index < -0.39 is 29.5 Å². The third-order valence-corrected chi connectivity index (χ3v) is 20.5. The molecule has 6 heteroatoms. The third kappa shape index (κ3) is 10.2. The fourth-order valence-corrected chi connectivity index (χ4v) is 18.6. The molecular weight excluding hydrogens is 471 g/mol. The van der Waals surface area contributed by atoms with E-state index in [4.69, 9.17) is 15.2 Å². The Morgan fingerprint density at radius 1 is 1.03 bits per heavy atom. The van der Waals surface area contributed by atoms with Gasteiger partial charge in [-0.2, -0.15) is 0 Å². The minimum atomic E-state index is -2.29. The number of nitrogens with two attached hydrogens (primary N) is 1. The molecule has 1 aliphatic heterocycles. The first-order valence-electron chi connectivity index (χ1n) is 11.9. The van der Waals surface area contributed by atoms with Crippen molar-refractivity contribution >= 4 is 24.5 Å². The summed E-state index contributed by atoms with van der Waals surface area (Å²) in [6.45, 7) is 14.4. The third-order valence-electron chi connectivity index (χ3n) is 6.02. The molecular formula is C23H48N2O3Sn. The standard InChI is InChI=1S/C11H21N2O3.3C4H9.Sn/c1-10(2,3)16-9(14)13-6-5-11(12,7-13)8-15-4;3*1-3-4-2;/h4-8,12H2,1-3H3;3*1,3-4H2,2H3;. The molecule has 1 fully saturated rings. The van der Waals surface area contributed by atoms with E-state index in [0.29, 0.717) is 19.7 Å². The molecule has 172 valence electrons. The Morgan fingerprint density at radius 2 is 1.55 bits per heavy atom. The molecule has 0 bridgehead atoms. The fraction of sp³-hybridized carbons (Fsp3) is 0.957. The molecule has 0 spiro atoms. The summed E-state index contributed by atoms with van der Waals surface area (Å²) in [7, 11) is 0. The number of rotatable bonds is 13. The van der Waals surface area contributed by atoms with E-state index >= 15 is 0 Å². The van der Waals surface area contributed by atoms with Crippen molar-refractivity contribution in [3.05, 3.63) is 0 Å². The van der Waals surface area contributed by atoms with Gasteiger partial charge in [0.2, 0.25) is 0 Å². The summed E-state index contributed by atoms with van der Waals surface area (Å²) >= 11 is -2.29. The van der Waals surface area contributed by atoms with Crippen LogP contribution >= 0.6 is 0 Å². The maximum absolute atomic E-state index is 12.4. The summed E-state index contributed by atoms with van der Waals surface area (Å²) in [6.07, 6.45) is 8.43. The Hall–Kier alpha value is -0.0113. The van der Waals surface area contributed by atoms with Gasteiger partial charge < -0.3 is 0 Å². The Balaban J connectivity index is 2.64. The van der Waals surface area contributed by atoms with Gasteiger partial charge in [-0.15, -0.1) is 0 Å². The van der Waals surface area contributed by atoms with Crippen molar-refractivity contribution in [3.8, 4) is 0 Å². The topological polar surface area (TPSA) is 64.8 Å². The summed E-state index contributed by atoms with van der Waals surface area (Å²) in [5.41, 5.74) is 5.72. The molecule has 1 heterocycles. The van der Waals surface area contributed by atoms with Gasteiger partial charge in [0.25, 0.3) is 0 Å². The first kappa shape index (κ1) is 27.0. The van der Waals surface area contributed by atoms with Gasteiger partial charge >= 0.3 is 185 Å². The van der Waals surface area contributed by atoms with Gasteiger partial charge in [0.15, 0.2) is 0 Å². The van der Waals surface area contributed by atoms with Crippen molar-refractivity contribution in [2.45, 2.75) is 111 Å². The van der Waals surface area contributed by atoms with Crippen molar-refractivity contribution in [3.63, 3.8) is 0 Å². The molecule has 29 heavy (non-hydrogen) atoms. The van der Waals surface area contributed by atoms with Crippen LogP contribution in [0.15, 0.2) is 0 Å². The van der Waals surface area contributed by atoms with E-state index in [0.717, 1.165) is 11.0 Å². The molecule has 1 amide bonds. The molecule has 0 saturated carbocycles. The second-order valence-electron chi connectivity index (χ2n) is 10.3. The van der Waals surface area contributed by atoms with Gasteiger partial charge in [0.1, 0.15) is 0 Å². The molecule has 0 aromatic heterocycles. The van der Waals surface area contributed by atoms with Crippen LogP contribution in [-0.2, 0) is 9.47 Å². The van der Waals surface area contributed by atoms with Gasteiger partial charge in [0, 0.05) is 0 Å². The van der Waals surface area contributed by atoms with E-state index in [1.165, 1.54) is 51.8 Å². The number of amides is 1. The van der Waals surface area contributed by atoms with Crippen molar-refractivity contribution in [2.75, 3.05) is 24.3 Å². The van der Waals surface area contributed by atoms with Crippen molar-refractivity contribution < 1.29 is 14.3 Å². The summed E-state index contributed by atoms with van der Waals surface area (Å²) in [4.78, 5) is 14.1. The molecule has 1 unspecified atom stereocenters. The minimum absolute atomic E-state index is 0.257. The predicted octanol–water partition coefficient (Wildman–Crippen LogP) is 5.73. The molecule has 0 aliphatic carbocycles. The van der Waals surface area contributed by atoms with Crippen LogP contribution < -0.4 is 5.73 Å². The second-order valence-corrected chi connectivity index (χ2v) is 24.0. The summed E-state index contributed by atoms with van der Waals surface area (Å²) < 4.78 is 17.3. The average Bonchev–Trinajstić information content (AvgIpc) is 3.04. The number of carbonyl (C=O) groups excluding carboxylic acids is 1. The first-order valence-corrected chi connectivity index (χ1v) is 20.0. The van der Waals surface area contributed by atoms with Crippen LogP contribution in [0, 0.1) is 0 Å². The number of nitrogens with zero attached hydrogens (tertiary/aromatic N) is 1. The zero-order valence-electron chi connectivity index (χ0n) is 20.1. The van der Waals surface area contributed by atoms with E-state index in [1.54, 1.807) is 4.90 Å². The summed E-state index contributed by atoms with van der Waals surface area (Å²) in [5, 5.41) is 0. The van der Waals surface area contributed by atoms with Crippen LogP contribution in [0.2, 0.25) is 13.3 Å². The van der Waals surface area contributed by atoms with Crippen LogP contribution in [-0.4, -0.2) is 64.8 Å². The van der Waals surface area contributed by atoms with Crippen LogP contribution in [0.25, 0.3) is 0 Å². The summed E-state index contributed by atoms with van der Waals surface area (Å²) in [6, 6.07) is 0. The SMILES string of the molecule is CCC[CH2][Sn]([CH2]CCC)([CH2]CCC)[CH2]OCC1(N)CCN(C(=O)OC(C)(C)C)C1. The zero-order chi connectivity index (χ0) is 22.0. The molecule has 0 aromatic carbocycles. The first-order chi connectivity index (χ1) is 13.6. The Bertz CT molecular complexity index is 459. The molecule has 2 N–H and O–H groups in total. The van der Waals surface area contributed by atoms with Crippen LogP contribution in [0.3, 0.4) is 0 Å². The number of carbonyl (C=O) groups is 1. The molecule has 5 nitrogen and oxygen atoms in total. The van der Waals surface area contributed by atoms with Crippen molar-refractivity contribution in [2.24, 2.45) is 5.73 Å². The molecule has 0 aromatic rings. The molecule has 1 atom stereocenters. The summed E-state index contributed by atoms with van der Waals surface area (Å²) in [5.74, 6) is 0. The molecule has 1 aliphatic rings. The second kappa shape index (κ2) is 12.7. The normalized spacial score (nSPS) is 20.3. The van der Waals surface area contributed by atoms with E-state index in [-0.39, 0.29) is 6.09 Å². The molecule has 1 saturated heterocycles. The molecule has 1 rings (SSSR count). The molecule has 0 radical (unpaired) electrons. The average molecular weight is 519 g/mol. The van der Waals surface area contributed by atoms with Gasteiger partial charge in [-0.25, -0.2) is 0 Å². The van der Waals surface area contributed by atoms with Crippen LogP contribution in [0.5, 0.6) is 0 Å².